The maximum Gasteiger partial charge on any atom is 0.331 e. The molecule has 104 valence electrons. The minimum atomic E-state index is -0.574. The molecule has 1 aliphatic heterocycles. The topological polar surface area (TPSA) is 65.1 Å². The van der Waals surface area contributed by atoms with E-state index in [1.165, 1.54) is 7.11 Å². The van der Waals surface area contributed by atoms with Gasteiger partial charge in [-0.05, 0) is 0 Å². The number of carbonyl (C=O) groups excluding carboxylic acids is 2. The first-order valence-corrected chi connectivity index (χ1v) is 5.45. The fourth-order valence-electron chi connectivity index (χ4n) is 1.35. The van der Waals surface area contributed by atoms with E-state index in [0.29, 0.717) is 13.2 Å². The molecule has 18 heavy (non-hydrogen) atoms. The summed E-state index contributed by atoms with van der Waals surface area (Å²) in [6.07, 6.45) is 2.10. The molecule has 1 heterocycles. The molecule has 1 rings (SSSR count). The van der Waals surface area contributed by atoms with Crippen LogP contribution in [0.25, 0.3) is 0 Å². The predicted molar refractivity (Wildman–Crippen MR) is 59.4 cm³/mol. The average molecular weight is 279 g/mol. The van der Waals surface area contributed by atoms with Crippen LogP contribution in [0.3, 0.4) is 0 Å². The van der Waals surface area contributed by atoms with Crippen molar-refractivity contribution in [3.63, 3.8) is 0 Å². The molecule has 0 amide bonds. The van der Waals surface area contributed by atoms with Crippen molar-refractivity contribution in [3.05, 3.63) is 12.2 Å². The van der Waals surface area contributed by atoms with Crippen molar-refractivity contribution in [2.75, 3.05) is 46.6 Å². The van der Waals surface area contributed by atoms with Gasteiger partial charge in [-0.15, -0.1) is 0 Å². The molecule has 0 aromatic heterocycles. The Morgan fingerprint density at radius 3 is 2.44 bits per heavy atom. The highest BCUT2D eigenvalue weighted by Gasteiger charge is 2.10. The summed E-state index contributed by atoms with van der Waals surface area (Å²) in [6, 6.07) is 0. The van der Waals surface area contributed by atoms with Crippen LogP contribution in [0.5, 0.6) is 0 Å². The van der Waals surface area contributed by atoms with Crippen molar-refractivity contribution in [3.8, 4) is 0 Å². The van der Waals surface area contributed by atoms with Crippen molar-refractivity contribution in [1.82, 2.24) is 4.90 Å². The lowest BCUT2D eigenvalue weighted by Gasteiger charge is -2.25. The molecule has 1 saturated heterocycles. The molecule has 0 atom stereocenters. The molecule has 0 unspecified atom stereocenters. The number of rotatable bonds is 5. The number of morpholine rings is 1. The number of hydrogen-bond donors (Lipinski definition) is 0. The van der Waals surface area contributed by atoms with Crippen LogP contribution in [0, 0.1) is 0 Å². The van der Waals surface area contributed by atoms with Gasteiger partial charge in [0, 0.05) is 31.8 Å². The van der Waals surface area contributed by atoms with E-state index in [9.17, 15) is 9.59 Å². The molecule has 7 heteroatoms. The van der Waals surface area contributed by atoms with Crippen LogP contribution in [0.1, 0.15) is 0 Å². The van der Waals surface area contributed by atoms with E-state index in [2.05, 4.69) is 9.64 Å². The van der Waals surface area contributed by atoms with Gasteiger partial charge >= 0.3 is 11.9 Å². The van der Waals surface area contributed by atoms with Crippen molar-refractivity contribution >= 4 is 11.9 Å². The summed E-state index contributed by atoms with van der Waals surface area (Å²) < 4.78 is 14.5. The largest absolute Gasteiger partial charge is 1.00 e. The fourth-order valence-corrected chi connectivity index (χ4v) is 1.35. The number of hydrogen-bond acceptors (Lipinski definition) is 6. The lowest BCUT2D eigenvalue weighted by atomic mass is 10.4. The Morgan fingerprint density at radius 2 is 1.83 bits per heavy atom. The number of esters is 2. The van der Waals surface area contributed by atoms with Crippen LogP contribution in [-0.2, 0) is 23.8 Å². The number of ether oxygens (including phenoxy) is 3. The van der Waals surface area contributed by atoms with E-state index >= 15 is 0 Å². The summed E-state index contributed by atoms with van der Waals surface area (Å²) in [7, 11) is 1.25. The summed E-state index contributed by atoms with van der Waals surface area (Å²) >= 11 is 0. The van der Waals surface area contributed by atoms with Gasteiger partial charge in [0.1, 0.15) is 6.61 Å². The van der Waals surface area contributed by atoms with Gasteiger partial charge < -0.3 is 26.6 Å². The second kappa shape index (κ2) is 9.87. The highest BCUT2D eigenvalue weighted by Crippen LogP contribution is 1.96. The maximum atomic E-state index is 11.1. The first-order valence-electron chi connectivity index (χ1n) is 5.45. The van der Waals surface area contributed by atoms with Crippen LogP contribution in [0.2, 0.25) is 0 Å². The van der Waals surface area contributed by atoms with Gasteiger partial charge in [0.05, 0.1) is 20.3 Å². The quantitative estimate of drug-likeness (QED) is 0.386. The number of halogens is 1. The molecule has 0 aromatic carbocycles. The maximum absolute atomic E-state index is 11.1. The van der Waals surface area contributed by atoms with Gasteiger partial charge in [0.25, 0.3) is 0 Å². The summed E-state index contributed by atoms with van der Waals surface area (Å²) in [5.74, 6) is -1.11. The molecule has 0 saturated carbocycles. The molecule has 0 spiro atoms. The molecule has 0 aromatic rings. The smallest absolute Gasteiger partial charge is 0.331 e. The first kappa shape index (κ1) is 16.9. The molecule has 0 N–H and O–H groups in total. The van der Waals surface area contributed by atoms with E-state index in [1.54, 1.807) is 0 Å². The monoisotopic (exact) mass is 278 g/mol. The summed E-state index contributed by atoms with van der Waals surface area (Å²) in [4.78, 5) is 24.0. The van der Waals surface area contributed by atoms with Crippen molar-refractivity contribution in [1.29, 1.82) is 0 Å². The van der Waals surface area contributed by atoms with Crippen molar-refractivity contribution in [2.24, 2.45) is 0 Å². The van der Waals surface area contributed by atoms with Crippen LogP contribution < -0.4 is 12.4 Å². The normalized spacial score (nSPS) is 16.1. The highest BCUT2D eigenvalue weighted by molar-refractivity contribution is 5.91. The van der Waals surface area contributed by atoms with Gasteiger partial charge in [-0.1, -0.05) is 0 Å². The summed E-state index contributed by atoms with van der Waals surface area (Å²) in [5, 5.41) is 0. The third-order valence-electron chi connectivity index (χ3n) is 2.31. The zero-order valence-electron chi connectivity index (χ0n) is 10.3. The third kappa shape index (κ3) is 7.26. The molecule has 6 nitrogen and oxygen atoms in total. The Hall–Kier alpha value is -1.11. The second-order valence-corrected chi connectivity index (χ2v) is 3.48. The first-order chi connectivity index (χ1) is 8.22. The van der Waals surface area contributed by atoms with E-state index in [0.717, 1.165) is 38.5 Å². The minimum Gasteiger partial charge on any atom is -1.00 e. The second-order valence-electron chi connectivity index (χ2n) is 3.48. The van der Waals surface area contributed by atoms with E-state index < -0.39 is 11.9 Å². The van der Waals surface area contributed by atoms with Crippen molar-refractivity contribution in [2.45, 2.75) is 0 Å². The van der Waals surface area contributed by atoms with E-state index in [4.69, 9.17) is 9.47 Å². The number of methoxy groups -OCH3 is 1. The summed E-state index contributed by atoms with van der Waals surface area (Å²) in [6.45, 7) is 4.14. The Labute approximate surface area is 112 Å². The predicted octanol–water partition coefficient (Wildman–Crippen LogP) is -3.40. The Bertz CT molecular complexity index is 289. The van der Waals surface area contributed by atoms with E-state index in [1.807, 2.05) is 0 Å². The third-order valence-corrected chi connectivity index (χ3v) is 2.31. The molecule has 0 aliphatic carbocycles. The van der Waals surface area contributed by atoms with Gasteiger partial charge in [-0.3, -0.25) is 4.90 Å². The van der Waals surface area contributed by atoms with Crippen molar-refractivity contribution < 1.29 is 36.2 Å². The zero-order valence-corrected chi connectivity index (χ0v) is 11.0. The standard InChI is InChI=1S/C11H17NO5.ClH/c1-15-10(13)2-3-11(14)17-9-6-12-4-7-16-8-5-12;/h2-3H,4-9H2,1H3;1H/p-1/b3-2+;. The number of nitrogens with zero attached hydrogens (tertiary/aromatic N) is 1. The number of carbonyl (C=O) groups is 2. The Morgan fingerprint density at radius 1 is 1.22 bits per heavy atom. The van der Waals surface area contributed by atoms with Crippen LogP contribution in [0.4, 0.5) is 0 Å². The lowest BCUT2D eigenvalue weighted by Crippen LogP contribution is -3.00. The van der Waals surface area contributed by atoms with Gasteiger partial charge in [-0.25, -0.2) is 9.59 Å². The highest BCUT2D eigenvalue weighted by atomic mass is 35.5. The van der Waals surface area contributed by atoms with Gasteiger partial charge in [-0.2, -0.15) is 0 Å². The molecular formula is C11H17ClNO5-. The Balaban J connectivity index is 0.00000289. The van der Waals surface area contributed by atoms with Crippen LogP contribution >= 0.6 is 0 Å². The van der Waals surface area contributed by atoms with Gasteiger partial charge in [0.15, 0.2) is 0 Å². The lowest BCUT2D eigenvalue weighted by molar-refractivity contribution is -0.139. The Kier molecular flexibility index (Phi) is 9.26. The molecule has 0 radical (unpaired) electrons. The molecule has 0 bridgehead atoms. The van der Waals surface area contributed by atoms with Gasteiger partial charge in [0.2, 0.25) is 0 Å². The molecule has 1 aliphatic rings. The zero-order chi connectivity index (χ0) is 12.5. The molecule has 1 fully saturated rings. The minimum absolute atomic E-state index is 0. The van der Waals surface area contributed by atoms with Crippen LogP contribution in [0.15, 0.2) is 12.2 Å². The van der Waals surface area contributed by atoms with E-state index in [-0.39, 0.29) is 12.4 Å². The molecular weight excluding hydrogens is 262 g/mol. The fraction of sp³-hybridized carbons (Fsp3) is 0.636. The SMILES string of the molecule is COC(=O)/C=C/C(=O)OCCN1CCOCC1.[Cl-]. The van der Waals surface area contributed by atoms with Crippen LogP contribution in [-0.4, -0.2) is 63.4 Å². The summed E-state index contributed by atoms with van der Waals surface area (Å²) in [5.41, 5.74) is 0. The average Bonchev–Trinajstić information content (AvgIpc) is 2.37.